The van der Waals surface area contributed by atoms with Crippen LogP contribution in [0.1, 0.15) is 57.2 Å². The van der Waals surface area contributed by atoms with Crippen molar-refractivity contribution in [2.75, 3.05) is 0 Å². The van der Waals surface area contributed by atoms with Crippen LogP contribution in [0.2, 0.25) is 0 Å². The Morgan fingerprint density at radius 2 is 2.22 bits per heavy atom. The van der Waals surface area contributed by atoms with Gasteiger partial charge < -0.3 is 10.8 Å². The van der Waals surface area contributed by atoms with Crippen LogP contribution in [0.4, 0.5) is 0 Å². The molecule has 1 aromatic heterocycles. The van der Waals surface area contributed by atoms with Gasteiger partial charge in [0.05, 0.1) is 30.6 Å². The minimum absolute atomic E-state index is 0.0503. The highest BCUT2D eigenvalue weighted by Crippen LogP contribution is 2.28. The summed E-state index contributed by atoms with van der Waals surface area (Å²) in [6.45, 7) is 2.55. The summed E-state index contributed by atoms with van der Waals surface area (Å²) in [6, 6.07) is -0.0503. The van der Waals surface area contributed by atoms with Gasteiger partial charge in [-0.3, -0.25) is 0 Å². The van der Waals surface area contributed by atoms with E-state index in [1.165, 1.54) is 25.7 Å². The number of aromatic nitrogens is 3. The van der Waals surface area contributed by atoms with E-state index < -0.39 is 0 Å². The van der Waals surface area contributed by atoms with Crippen LogP contribution >= 0.6 is 0 Å². The normalized spacial score (nSPS) is 20.2. The molecule has 2 rings (SSSR count). The summed E-state index contributed by atoms with van der Waals surface area (Å²) in [5, 5.41) is 18.1. The van der Waals surface area contributed by atoms with Gasteiger partial charge in [0.1, 0.15) is 0 Å². The van der Waals surface area contributed by atoms with Crippen LogP contribution in [0.5, 0.6) is 0 Å². The maximum atomic E-state index is 10.0. The van der Waals surface area contributed by atoms with Gasteiger partial charge in [-0.05, 0) is 18.8 Å². The second-order valence-corrected chi connectivity index (χ2v) is 5.42. The van der Waals surface area contributed by atoms with Gasteiger partial charge >= 0.3 is 0 Å². The van der Waals surface area contributed by atoms with Crippen molar-refractivity contribution < 1.29 is 5.11 Å². The van der Waals surface area contributed by atoms with Crippen LogP contribution in [0.25, 0.3) is 0 Å². The molecular weight excluding hydrogens is 228 g/mol. The molecule has 0 spiro atoms. The highest BCUT2D eigenvalue weighted by atomic mass is 16.3. The van der Waals surface area contributed by atoms with Crippen LogP contribution in [-0.4, -0.2) is 26.2 Å². The van der Waals surface area contributed by atoms with Crippen molar-refractivity contribution in [2.45, 2.75) is 64.1 Å². The van der Waals surface area contributed by atoms with E-state index in [0.717, 1.165) is 18.5 Å². The second-order valence-electron chi connectivity index (χ2n) is 5.42. The molecule has 0 saturated heterocycles. The Balaban J connectivity index is 1.82. The van der Waals surface area contributed by atoms with Crippen molar-refractivity contribution in [3.8, 4) is 0 Å². The predicted molar refractivity (Wildman–Crippen MR) is 69.8 cm³/mol. The third kappa shape index (κ3) is 3.53. The molecule has 1 heterocycles. The van der Waals surface area contributed by atoms with Gasteiger partial charge in [0.25, 0.3) is 0 Å². The maximum Gasteiger partial charge on any atom is 0.0994 e. The van der Waals surface area contributed by atoms with E-state index in [4.69, 9.17) is 5.73 Å². The molecular formula is C13H24N4O. The first-order valence-electron chi connectivity index (χ1n) is 7.02. The van der Waals surface area contributed by atoms with Crippen LogP contribution in [0.3, 0.4) is 0 Å². The molecule has 0 radical (unpaired) electrons. The fourth-order valence-corrected chi connectivity index (χ4v) is 2.70. The molecule has 2 unspecified atom stereocenters. The molecule has 0 aliphatic heterocycles. The van der Waals surface area contributed by atoms with Gasteiger partial charge in [0.2, 0.25) is 0 Å². The van der Waals surface area contributed by atoms with E-state index >= 15 is 0 Å². The van der Waals surface area contributed by atoms with Crippen molar-refractivity contribution in [3.05, 3.63) is 11.9 Å². The third-order valence-electron chi connectivity index (χ3n) is 3.85. The first-order chi connectivity index (χ1) is 8.69. The average Bonchev–Trinajstić information content (AvgIpc) is 2.99. The van der Waals surface area contributed by atoms with E-state index in [9.17, 15) is 5.11 Å². The van der Waals surface area contributed by atoms with Gasteiger partial charge in [0, 0.05) is 0 Å². The smallest absolute Gasteiger partial charge is 0.0994 e. The van der Waals surface area contributed by atoms with Crippen molar-refractivity contribution in [1.29, 1.82) is 0 Å². The van der Waals surface area contributed by atoms with Gasteiger partial charge in [-0.1, -0.05) is 37.8 Å². The maximum absolute atomic E-state index is 10.0. The minimum Gasteiger partial charge on any atom is -0.391 e. The summed E-state index contributed by atoms with van der Waals surface area (Å²) in [5.74, 6) is 0.695. The van der Waals surface area contributed by atoms with E-state index in [-0.39, 0.29) is 12.1 Å². The molecule has 5 heteroatoms. The lowest BCUT2D eigenvalue weighted by atomic mass is 10.0. The Labute approximate surface area is 108 Å². The van der Waals surface area contributed by atoms with E-state index in [0.29, 0.717) is 12.5 Å². The molecule has 1 aromatic rings. The summed E-state index contributed by atoms with van der Waals surface area (Å²) in [6.07, 6.45) is 8.43. The lowest BCUT2D eigenvalue weighted by Gasteiger charge is -2.14. The molecule has 1 aliphatic rings. The molecule has 3 N–H and O–H groups in total. The Hall–Kier alpha value is -0.940. The largest absolute Gasteiger partial charge is 0.391 e. The Morgan fingerprint density at radius 1 is 1.50 bits per heavy atom. The zero-order valence-electron chi connectivity index (χ0n) is 11.1. The molecule has 1 saturated carbocycles. The number of aliphatic hydroxyl groups excluding tert-OH is 1. The highest BCUT2D eigenvalue weighted by Gasteiger charge is 2.19. The first-order valence-corrected chi connectivity index (χ1v) is 7.02. The van der Waals surface area contributed by atoms with Crippen LogP contribution in [0.15, 0.2) is 6.20 Å². The molecule has 1 aliphatic carbocycles. The Kier molecular flexibility index (Phi) is 4.72. The van der Waals surface area contributed by atoms with Crippen molar-refractivity contribution in [3.63, 3.8) is 0 Å². The average molecular weight is 252 g/mol. The number of hydrogen-bond acceptors (Lipinski definition) is 4. The van der Waals surface area contributed by atoms with Crippen molar-refractivity contribution in [2.24, 2.45) is 11.7 Å². The summed E-state index contributed by atoms with van der Waals surface area (Å²) in [7, 11) is 0. The standard InChI is InChI=1S/C13H24N4O/c1-2-12(14)13-9-17(16-15-13)8-11(18)7-10-5-3-4-6-10/h9-12,18H,2-8,14H2,1H3. The van der Waals surface area contributed by atoms with Crippen LogP contribution < -0.4 is 5.73 Å². The molecule has 18 heavy (non-hydrogen) atoms. The number of nitrogens with two attached hydrogens (primary N) is 1. The fourth-order valence-electron chi connectivity index (χ4n) is 2.70. The van der Waals surface area contributed by atoms with Gasteiger partial charge in [-0.25, -0.2) is 4.68 Å². The van der Waals surface area contributed by atoms with E-state index in [1.54, 1.807) is 4.68 Å². The summed E-state index contributed by atoms with van der Waals surface area (Å²) < 4.78 is 1.71. The summed E-state index contributed by atoms with van der Waals surface area (Å²) in [5.41, 5.74) is 6.70. The van der Waals surface area contributed by atoms with Gasteiger partial charge in [-0.2, -0.15) is 0 Å². The number of hydrogen-bond donors (Lipinski definition) is 2. The summed E-state index contributed by atoms with van der Waals surface area (Å²) >= 11 is 0. The SMILES string of the molecule is CCC(N)c1cn(CC(O)CC2CCCC2)nn1. The Morgan fingerprint density at radius 3 is 2.89 bits per heavy atom. The topological polar surface area (TPSA) is 77.0 Å². The van der Waals surface area contributed by atoms with E-state index in [1.807, 2.05) is 13.1 Å². The molecule has 5 nitrogen and oxygen atoms in total. The number of nitrogens with zero attached hydrogens (tertiary/aromatic N) is 3. The summed E-state index contributed by atoms with van der Waals surface area (Å²) in [4.78, 5) is 0. The zero-order valence-corrected chi connectivity index (χ0v) is 11.1. The number of rotatable bonds is 6. The highest BCUT2D eigenvalue weighted by molar-refractivity contribution is 4.98. The van der Waals surface area contributed by atoms with Gasteiger partial charge in [0.15, 0.2) is 0 Å². The molecule has 0 aromatic carbocycles. The first kappa shape index (κ1) is 13.5. The lowest BCUT2D eigenvalue weighted by Crippen LogP contribution is -2.19. The number of aliphatic hydroxyl groups is 1. The minimum atomic E-state index is -0.319. The monoisotopic (exact) mass is 252 g/mol. The van der Waals surface area contributed by atoms with E-state index in [2.05, 4.69) is 10.3 Å². The van der Waals surface area contributed by atoms with Gasteiger partial charge in [-0.15, -0.1) is 5.10 Å². The lowest BCUT2D eigenvalue weighted by molar-refractivity contribution is 0.120. The fraction of sp³-hybridized carbons (Fsp3) is 0.846. The van der Waals surface area contributed by atoms with Crippen LogP contribution in [0, 0.1) is 5.92 Å². The quantitative estimate of drug-likeness (QED) is 0.806. The van der Waals surface area contributed by atoms with Crippen molar-refractivity contribution >= 4 is 0 Å². The van der Waals surface area contributed by atoms with Crippen LogP contribution in [-0.2, 0) is 6.54 Å². The molecule has 102 valence electrons. The molecule has 1 fully saturated rings. The third-order valence-corrected chi connectivity index (χ3v) is 3.85. The predicted octanol–water partition coefficient (Wildman–Crippen LogP) is 1.63. The van der Waals surface area contributed by atoms with Crippen molar-refractivity contribution in [1.82, 2.24) is 15.0 Å². The second kappa shape index (κ2) is 6.29. The molecule has 0 amide bonds. The molecule has 0 bridgehead atoms. The Bertz CT molecular complexity index is 360. The zero-order chi connectivity index (χ0) is 13.0. The molecule has 2 atom stereocenters.